The molecule has 8 nitrogen and oxygen atoms in total. The number of anilines is 2. The van der Waals surface area contributed by atoms with Crippen LogP contribution in [0, 0.1) is 10.8 Å². The lowest BCUT2D eigenvalue weighted by molar-refractivity contribution is 0.120. The van der Waals surface area contributed by atoms with Crippen molar-refractivity contribution in [3.63, 3.8) is 0 Å². The average Bonchev–Trinajstić information content (AvgIpc) is 2.84. The third kappa shape index (κ3) is 5.20. The lowest BCUT2D eigenvalue weighted by atomic mass is 9.74. The van der Waals surface area contributed by atoms with Gasteiger partial charge in [-0.15, -0.1) is 0 Å². The smallest absolute Gasteiger partial charge is 0.162 e. The summed E-state index contributed by atoms with van der Waals surface area (Å²) < 4.78 is 11.4. The molecule has 36 heavy (non-hydrogen) atoms. The van der Waals surface area contributed by atoms with E-state index < -0.39 is 0 Å². The molecule has 3 aromatic rings. The van der Waals surface area contributed by atoms with E-state index in [0.29, 0.717) is 49.3 Å². The molecule has 4 heterocycles. The van der Waals surface area contributed by atoms with Crippen LogP contribution >= 0.6 is 35.8 Å². The molecule has 2 aliphatic heterocycles. The predicted molar refractivity (Wildman–Crippen MR) is 149 cm³/mol. The second-order valence-corrected chi connectivity index (χ2v) is 9.51. The quantitative estimate of drug-likeness (QED) is 0.198. The lowest BCUT2D eigenvalue weighted by Gasteiger charge is -2.56. The highest BCUT2D eigenvalue weighted by atomic mass is 35.5. The Morgan fingerprint density at radius 1 is 1.14 bits per heavy atom. The van der Waals surface area contributed by atoms with Crippen molar-refractivity contribution in [2.75, 3.05) is 50.2 Å². The van der Waals surface area contributed by atoms with Crippen molar-refractivity contribution in [1.29, 1.82) is 5.41 Å². The molecule has 190 valence electrons. The van der Waals surface area contributed by atoms with Gasteiger partial charge in [0.05, 0.1) is 22.9 Å². The van der Waals surface area contributed by atoms with E-state index in [-0.39, 0.29) is 12.3 Å². The molecular weight excluding hydrogens is 519 g/mol. The second-order valence-electron chi connectivity index (χ2n) is 8.70. The summed E-state index contributed by atoms with van der Waals surface area (Å²) in [5.41, 5.74) is 9.11. The van der Waals surface area contributed by atoms with E-state index in [1.165, 1.54) is 19.5 Å². The van der Waals surface area contributed by atoms with Crippen molar-refractivity contribution < 1.29 is 9.47 Å². The molecule has 1 aromatic carbocycles. The summed E-state index contributed by atoms with van der Waals surface area (Å²) in [6.45, 7) is 4.29. The number of halogens is 2. The summed E-state index contributed by atoms with van der Waals surface area (Å²) in [5.74, 6) is 1.79. The van der Waals surface area contributed by atoms with Crippen LogP contribution in [-0.4, -0.2) is 55.2 Å². The van der Waals surface area contributed by atoms with Crippen LogP contribution in [0.1, 0.15) is 16.7 Å². The summed E-state index contributed by atoms with van der Waals surface area (Å²) in [5, 5.41) is 12.9. The van der Waals surface area contributed by atoms with Crippen LogP contribution in [0.5, 0.6) is 11.5 Å². The molecule has 0 atom stereocenters. The van der Waals surface area contributed by atoms with Crippen molar-refractivity contribution in [2.24, 2.45) is 5.41 Å². The molecular formula is C25H28Cl2N6O2S. The number of rotatable bonds is 7. The number of hydrogen-bond acceptors (Lipinski definition) is 9. The van der Waals surface area contributed by atoms with Crippen molar-refractivity contribution in [1.82, 2.24) is 15.3 Å². The number of hydrogen-bond donors (Lipinski definition) is 4. The molecule has 5 rings (SSSR count). The zero-order chi connectivity index (χ0) is 25.9. The summed E-state index contributed by atoms with van der Waals surface area (Å²) >= 11 is 15.9. The fraction of sp³-hybridized carbons (Fsp3) is 0.320. The third-order valence-electron chi connectivity index (χ3n) is 6.34. The third-order valence-corrected chi connectivity index (χ3v) is 6.99. The standard InChI is InChI=1S/C24H24Cl2N6O2.CH4S/c1-33-20-5-19(27)15(4-21(20)34-9-16-17(25)7-29-8-18(16)26)23(28)14-2-3-22(31-6-14)32-12-24(13-32)10-30-11-24;1-2/h2-8,28,30H,9-13,27H2,1H3;2H,1H3. The van der Waals surface area contributed by atoms with Gasteiger partial charge in [-0.3, -0.25) is 10.4 Å². The minimum absolute atomic E-state index is 0.107. The Labute approximate surface area is 226 Å². The number of pyridine rings is 2. The van der Waals surface area contributed by atoms with Gasteiger partial charge in [0.1, 0.15) is 12.4 Å². The largest absolute Gasteiger partial charge is 0.493 e. The van der Waals surface area contributed by atoms with Gasteiger partial charge in [-0.2, -0.15) is 12.6 Å². The first-order valence-corrected chi connectivity index (χ1v) is 12.9. The minimum Gasteiger partial charge on any atom is -0.493 e. The summed E-state index contributed by atoms with van der Waals surface area (Å²) in [7, 11) is 1.53. The maximum Gasteiger partial charge on any atom is 0.162 e. The SMILES string of the molecule is COc1cc(N)c(C(=N)c2ccc(N3CC4(CNC4)C3)nc2)cc1OCc1c(Cl)cncc1Cl.CS. The minimum atomic E-state index is 0.107. The van der Waals surface area contributed by atoms with Gasteiger partial charge >= 0.3 is 0 Å². The number of nitrogen functional groups attached to an aromatic ring is 1. The molecule has 0 saturated carbocycles. The van der Waals surface area contributed by atoms with Crippen molar-refractivity contribution in [3.8, 4) is 11.5 Å². The Morgan fingerprint density at radius 2 is 1.83 bits per heavy atom. The van der Waals surface area contributed by atoms with E-state index in [9.17, 15) is 0 Å². The maximum absolute atomic E-state index is 8.75. The number of aromatic nitrogens is 2. The van der Waals surface area contributed by atoms with Gasteiger partial charge in [-0.25, -0.2) is 4.98 Å². The number of nitrogens with zero attached hydrogens (tertiary/aromatic N) is 3. The van der Waals surface area contributed by atoms with E-state index in [4.69, 9.17) is 43.8 Å². The molecule has 0 aliphatic carbocycles. The van der Waals surface area contributed by atoms with Crippen LogP contribution in [0.15, 0.2) is 42.9 Å². The number of nitrogens with two attached hydrogens (primary N) is 1. The van der Waals surface area contributed by atoms with E-state index in [0.717, 1.165) is 32.0 Å². The van der Waals surface area contributed by atoms with Crippen LogP contribution in [0.2, 0.25) is 10.0 Å². The Morgan fingerprint density at radius 3 is 2.39 bits per heavy atom. The highest BCUT2D eigenvalue weighted by Gasteiger charge is 2.47. The predicted octanol–water partition coefficient (Wildman–Crippen LogP) is 4.32. The molecule has 2 saturated heterocycles. The first kappa shape index (κ1) is 26.3. The van der Waals surface area contributed by atoms with E-state index in [1.807, 2.05) is 12.1 Å². The second kappa shape index (κ2) is 11.1. The molecule has 0 radical (unpaired) electrons. The summed E-state index contributed by atoms with van der Waals surface area (Å²) in [6.07, 6.45) is 6.42. The Hall–Kier alpha value is -2.72. The van der Waals surface area contributed by atoms with Gasteiger partial charge in [-0.05, 0) is 24.5 Å². The first-order chi connectivity index (χ1) is 17.4. The Balaban J connectivity index is 0.00000148. The molecule has 0 amide bonds. The van der Waals surface area contributed by atoms with Crippen LogP contribution in [0.3, 0.4) is 0 Å². The highest BCUT2D eigenvalue weighted by Crippen LogP contribution is 2.37. The van der Waals surface area contributed by atoms with E-state index >= 15 is 0 Å². The van der Waals surface area contributed by atoms with Gasteiger partial charge in [0.15, 0.2) is 11.5 Å². The van der Waals surface area contributed by atoms with Gasteiger partial charge in [-0.1, -0.05) is 23.2 Å². The van der Waals surface area contributed by atoms with Crippen molar-refractivity contribution in [2.45, 2.75) is 6.61 Å². The zero-order valence-electron chi connectivity index (χ0n) is 20.0. The number of ether oxygens (including phenoxy) is 2. The van der Waals surface area contributed by atoms with Gasteiger partial charge in [0.2, 0.25) is 0 Å². The topological polar surface area (TPSA) is 109 Å². The zero-order valence-corrected chi connectivity index (χ0v) is 22.4. The molecule has 4 N–H and O–H groups in total. The van der Waals surface area contributed by atoms with Crippen molar-refractivity contribution >= 4 is 53.0 Å². The molecule has 2 aliphatic rings. The molecule has 0 bridgehead atoms. The number of benzene rings is 1. The fourth-order valence-corrected chi connectivity index (χ4v) is 4.77. The number of methoxy groups -OCH3 is 1. The van der Waals surface area contributed by atoms with Crippen LogP contribution < -0.4 is 25.4 Å². The Kier molecular flexibility index (Phi) is 8.14. The number of nitrogens with one attached hydrogen (secondary N) is 2. The molecule has 0 unspecified atom stereocenters. The molecule has 1 spiro atoms. The van der Waals surface area contributed by atoms with Gasteiger partial charge in [0.25, 0.3) is 0 Å². The van der Waals surface area contributed by atoms with Crippen LogP contribution in [-0.2, 0) is 6.61 Å². The summed E-state index contributed by atoms with van der Waals surface area (Å²) in [6, 6.07) is 7.18. The Bertz CT molecular complexity index is 1230. The van der Waals surface area contributed by atoms with Crippen LogP contribution in [0.4, 0.5) is 11.5 Å². The first-order valence-electron chi connectivity index (χ1n) is 11.2. The average molecular weight is 548 g/mol. The van der Waals surface area contributed by atoms with Crippen LogP contribution in [0.25, 0.3) is 0 Å². The molecule has 11 heteroatoms. The molecule has 2 aromatic heterocycles. The monoisotopic (exact) mass is 546 g/mol. The van der Waals surface area contributed by atoms with Gasteiger partial charge in [0, 0.05) is 78.6 Å². The maximum atomic E-state index is 8.75. The molecule has 2 fully saturated rings. The normalized spacial score (nSPS) is 15.3. The van der Waals surface area contributed by atoms with E-state index in [2.05, 4.69) is 32.8 Å². The van der Waals surface area contributed by atoms with E-state index in [1.54, 1.807) is 24.6 Å². The lowest BCUT2D eigenvalue weighted by Crippen LogP contribution is -2.71. The highest BCUT2D eigenvalue weighted by molar-refractivity contribution is 7.79. The summed E-state index contributed by atoms with van der Waals surface area (Å²) in [4.78, 5) is 10.8. The van der Waals surface area contributed by atoms with Gasteiger partial charge < -0.3 is 25.4 Å². The number of thiol groups is 1. The van der Waals surface area contributed by atoms with Crippen molar-refractivity contribution in [3.05, 3.63) is 69.6 Å². The fourth-order valence-electron chi connectivity index (χ4n) is 4.29.